The highest BCUT2D eigenvalue weighted by Gasteiger charge is 2.43. The summed E-state index contributed by atoms with van der Waals surface area (Å²) < 4.78 is 0. The second-order valence-electron chi connectivity index (χ2n) is 8.44. The summed E-state index contributed by atoms with van der Waals surface area (Å²) in [4.78, 5) is 18.9. The summed E-state index contributed by atoms with van der Waals surface area (Å²) in [6.45, 7) is 3.21. The van der Waals surface area contributed by atoms with Crippen molar-refractivity contribution in [3.63, 3.8) is 0 Å². The van der Waals surface area contributed by atoms with E-state index in [1.807, 2.05) is 4.90 Å². The Balaban J connectivity index is 0.00000272. The van der Waals surface area contributed by atoms with Gasteiger partial charge in [-0.1, -0.05) is 54.6 Å². The van der Waals surface area contributed by atoms with Gasteiger partial charge in [0.1, 0.15) is 0 Å². The standard InChI is InChI=1S/C25H32N4O.HI/c1-26-24(28-19-25(14-15-25)22-10-3-2-4-11-22)27-16-7-12-23(30)29-17-13-20-8-5-6-9-21(20)18-29;/h2-6,8-11H,7,12-19H2,1H3,(H2,26,27,28);1H. The lowest BCUT2D eigenvalue weighted by molar-refractivity contribution is -0.132. The molecule has 5 nitrogen and oxygen atoms in total. The first-order valence-corrected chi connectivity index (χ1v) is 11.0. The molecule has 1 aliphatic heterocycles. The molecule has 2 aromatic carbocycles. The minimum absolute atomic E-state index is 0. The Labute approximate surface area is 202 Å². The predicted octanol–water partition coefficient (Wildman–Crippen LogP) is 3.87. The first-order valence-electron chi connectivity index (χ1n) is 11.0. The van der Waals surface area contributed by atoms with E-state index >= 15 is 0 Å². The molecule has 0 atom stereocenters. The molecule has 4 rings (SSSR count). The van der Waals surface area contributed by atoms with Crippen LogP contribution in [0.25, 0.3) is 0 Å². The maximum Gasteiger partial charge on any atom is 0.222 e. The van der Waals surface area contributed by atoms with Gasteiger partial charge in [0, 0.05) is 45.1 Å². The Morgan fingerprint density at radius 3 is 2.45 bits per heavy atom. The van der Waals surface area contributed by atoms with Crippen LogP contribution in [0.3, 0.4) is 0 Å². The number of carbonyl (C=O) groups excluding carboxylic acids is 1. The summed E-state index contributed by atoms with van der Waals surface area (Å²) in [5, 5.41) is 6.84. The Hall–Kier alpha value is -2.09. The molecular formula is C25H33IN4O. The molecule has 0 unspecified atom stereocenters. The number of fused-ring (bicyclic) bond motifs is 1. The third-order valence-electron chi connectivity index (χ3n) is 6.40. The van der Waals surface area contributed by atoms with Crippen LogP contribution >= 0.6 is 24.0 Å². The van der Waals surface area contributed by atoms with Gasteiger partial charge in [0.05, 0.1) is 0 Å². The average molecular weight is 532 g/mol. The highest BCUT2D eigenvalue weighted by molar-refractivity contribution is 14.0. The largest absolute Gasteiger partial charge is 0.356 e. The van der Waals surface area contributed by atoms with Crippen LogP contribution in [0.2, 0.25) is 0 Å². The van der Waals surface area contributed by atoms with Crippen molar-refractivity contribution in [2.24, 2.45) is 4.99 Å². The fraction of sp³-hybridized carbons (Fsp3) is 0.440. The number of benzene rings is 2. The number of guanidine groups is 1. The van der Waals surface area contributed by atoms with E-state index in [0.29, 0.717) is 6.42 Å². The van der Waals surface area contributed by atoms with Crippen LogP contribution in [0.15, 0.2) is 59.6 Å². The number of carbonyl (C=O) groups is 1. The Kier molecular flexibility index (Phi) is 8.35. The zero-order valence-electron chi connectivity index (χ0n) is 18.3. The highest BCUT2D eigenvalue weighted by atomic mass is 127. The second kappa shape index (κ2) is 11.0. The summed E-state index contributed by atoms with van der Waals surface area (Å²) in [6.07, 6.45) is 4.77. The quantitative estimate of drug-likeness (QED) is 0.247. The minimum atomic E-state index is 0. The lowest BCUT2D eigenvalue weighted by atomic mass is 9.96. The number of aliphatic imine (C=N–C) groups is 1. The molecule has 0 bridgehead atoms. The molecule has 166 valence electrons. The van der Waals surface area contributed by atoms with Crippen LogP contribution in [0.5, 0.6) is 0 Å². The van der Waals surface area contributed by atoms with E-state index in [1.54, 1.807) is 7.05 Å². The molecule has 2 aromatic rings. The summed E-state index contributed by atoms with van der Waals surface area (Å²) in [5.74, 6) is 1.06. The van der Waals surface area contributed by atoms with E-state index in [4.69, 9.17) is 0 Å². The molecule has 2 aliphatic rings. The number of hydrogen-bond acceptors (Lipinski definition) is 2. The van der Waals surface area contributed by atoms with Gasteiger partial charge in [-0.15, -0.1) is 24.0 Å². The summed E-state index contributed by atoms with van der Waals surface area (Å²) in [5.41, 5.74) is 4.32. The smallest absolute Gasteiger partial charge is 0.222 e. The van der Waals surface area contributed by atoms with E-state index in [2.05, 4.69) is 70.2 Å². The molecule has 0 aromatic heterocycles. The zero-order chi connectivity index (χ0) is 20.8. The van der Waals surface area contributed by atoms with E-state index < -0.39 is 0 Å². The first kappa shape index (κ1) is 23.6. The molecule has 31 heavy (non-hydrogen) atoms. The third-order valence-corrected chi connectivity index (χ3v) is 6.40. The van der Waals surface area contributed by atoms with Gasteiger partial charge in [-0.25, -0.2) is 0 Å². The van der Waals surface area contributed by atoms with Crippen molar-refractivity contribution in [1.82, 2.24) is 15.5 Å². The lowest BCUT2D eigenvalue weighted by Gasteiger charge is -2.29. The van der Waals surface area contributed by atoms with Crippen molar-refractivity contribution in [1.29, 1.82) is 0 Å². The molecule has 1 heterocycles. The summed E-state index contributed by atoms with van der Waals surface area (Å²) >= 11 is 0. The Morgan fingerprint density at radius 1 is 1.03 bits per heavy atom. The van der Waals surface area contributed by atoms with Gasteiger partial charge in [-0.2, -0.15) is 0 Å². The number of halogens is 1. The van der Waals surface area contributed by atoms with Crippen molar-refractivity contribution in [3.8, 4) is 0 Å². The van der Waals surface area contributed by atoms with Gasteiger partial charge in [0.2, 0.25) is 5.91 Å². The number of hydrogen-bond donors (Lipinski definition) is 2. The van der Waals surface area contributed by atoms with Gasteiger partial charge in [0.15, 0.2) is 5.96 Å². The Morgan fingerprint density at radius 2 is 1.74 bits per heavy atom. The molecule has 0 saturated heterocycles. The van der Waals surface area contributed by atoms with Crippen LogP contribution in [-0.4, -0.2) is 43.4 Å². The van der Waals surface area contributed by atoms with Crippen molar-refractivity contribution < 1.29 is 4.79 Å². The predicted molar refractivity (Wildman–Crippen MR) is 137 cm³/mol. The highest BCUT2D eigenvalue weighted by Crippen LogP contribution is 2.47. The molecular weight excluding hydrogens is 499 g/mol. The fourth-order valence-corrected chi connectivity index (χ4v) is 4.30. The summed E-state index contributed by atoms with van der Waals surface area (Å²) in [6, 6.07) is 19.2. The van der Waals surface area contributed by atoms with Gasteiger partial charge in [0.25, 0.3) is 0 Å². The van der Waals surface area contributed by atoms with Gasteiger partial charge >= 0.3 is 0 Å². The monoisotopic (exact) mass is 532 g/mol. The number of nitrogens with zero attached hydrogens (tertiary/aromatic N) is 2. The molecule has 1 fully saturated rings. The first-order chi connectivity index (χ1) is 14.7. The molecule has 0 spiro atoms. The van der Waals surface area contributed by atoms with Crippen LogP contribution in [0, 0.1) is 0 Å². The minimum Gasteiger partial charge on any atom is -0.356 e. The van der Waals surface area contributed by atoms with Crippen molar-refractivity contribution in [2.75, 3.05) is 26.7 Å². The van der Waals surface area contributed by atoms with E-state index in [9.17, 15) is 4.79 Å². The van der Waals surface area contributed by atoms with Gasteiger partial charge in [-0.3, -0.25) is 9.79 Å². The maximum atomic E-state index is 12.6. The van der Waals surface area contributed by atoms with E-state index in [0.717, 1.165) is 45.0 Å². The topological polar surface area (TPSA) is 56.7 Å². The molecule has 0 radical (unpaired) electrons. The van der Waals surface area contributed by atoms with Crippen LogP contribution in [-0.2, 0) is 23.2 Å². The third kappa shape index (κ3) is 5.99. The fourth-order valence-electron chi connectivity index (χ4n) is 4.30. The lowest BCUT2D eigenvalue weighted by Crippen LogP contribution is -2.42. The van der Waals surface area contributed by atoms with E-state index in [-0.39, 0.29) is 35.3 Å². The normalized spacial score (nSPS) is 16.7. The van der Waals surface area contributed by atoms with Gasteiger partial charge < -0.3 is 15.5 Å². The molecule has 1 saturated carbocycles. The van der Waals surface area contributed by atoms with Crippen molar-refractivity contribution in [2.45, 2.75) is 44.1 Å². The van der Waals surface area contributed by atoms with Crippen molar-refractivity contribution >= 4 is 35.8 Å². The summed E-state index contributed by atoms with van der Waals surface area (Å²) in [7, 11) is 1.80. The van der Waals surface area contributed by atoms with Crippen LogP contribution < -0.4 is 10.6 Å². The number of amides is 1. The number of rotatable bonds is 7. The average Bonchev–Trinajstić information content (AvgIpc) is 3.60. The van der Waals surface area contributed by atoms with E-state index in [1.165, 1.54) is 29.5 Å². The SMILES string of the molecule is CN=C(NCCCC(=O)N1CCc2ccccc2C1)NCC1(c2ccccc2)CC1.I. The Bertz CT molecular complexity index is 895. The molecule has 1 amide bonds. The molecule has 2 N–H and O–H groups in total. The van der Waals surface area contributed by atoms with Crippen LogP contribution in [0.4, 0.5) is 0 Å². The van der Waals surface area contributed by atoms with Crippen molar-refractivity contribution in [3.05, 3.63) is 71.3 Å². The zero-order valence-corrected chi connectivity index (χ0v) is 20.6. The van der Waals surface area contributed by atoms with Gasteiger partial charge in [-0.05, 0) is 42.4 Å². The molecule has 1 aliphatic carbocycles. The second-order valence-corrected chi connectivity index (χ2v) is 8.44. The number of nitrogens with one attached hydrogen (secondary N) is 2. The maximum absolute atomic E-state index is 12.6. The molecule has 6 heteroatoms. The van der Waals surface area contributed by atoms with Crippen LogP contribution in [0.1, 0.15) is 42.4 Å².